The number of nitrogens with one attached hydrogen (secondary N) is 1. The fourth-order valence-corrected chi connectivity index (χ4v) is 2.41. The largest absolute Gasteiger partial charge is 0.504 e. The van der Waals surface area contributed by atoms with E-state index in [0.717, 1.165) is 9.88 Å². The molecule has 1 amide bonds. The zero-order chi connectivity index (χ0) is 16.1. The van der Waals surface area contributed by atoms with E-state index in [9.17, 15) is 15.0 Å². The molecule has 0 atom stereocenters. The van der Waals surface area contributed by atoms with Crippen LogP contribution in [0.1, 0.15) is 15.4 Å². The van der Waals surface area contributed by atoms with Gasteiger partial charge in [0.15, 0.2) is 11.5 Å². The molecular weight excluding hydrogens is 302 g/mol. The molecule has 0 saturated carbocycles. The highest BCUT2D eigenvalue weighted by Gasteiger charge is 2.10. The first kappa shape index (κ1) is 15.5. The molecule has 112 valence electrons. The van der Waals surface area contributed by atoms with E-state index in [2.05, 4.69) is 10.3 Å². The summed E-state index contributed by atoms with van der Waals surface area (Å²) in [6.07, 6.45) is 3.05. The Morgan fingerprint density at radius 3 is 2.82 bits per heavy atom. The molecule has 0 bridgehead atoms. The average Bonchev–Trinajstić information content (AvgIpc) is 2.91. The second kappa shape index (κ2) is 6.74. The number of benzene rings is 1. The molecule has 1 heterocycles. The van der Waals surface area contributed by atoms with Gasteiger partial charge in [0, 0.05) is 11.1 Å². The zero-order valence-corrected chi connectivity index (χ0v) is 12.5. The first-order chi connectivity index (χ1) is 10.5. The Morgan fingerprint density at radius 1 is 1.45 bits per heavy atom. The number of aromatic hydroxyl groups is 2. The van der Waals surface area contributed by atoms with Gasteiger partial charge in [0.2, 0.25) is 0 Å². The maximum atomic E-state index is 12.0. The molecule has 0 radical (unpaired) electrons. The lowest BCUT2D eigenvalue weighted by molar-refractivity contribution is -0.117. The molecule has 6 nitrogen and oxygen atoms in total. The molecule has 7 heteroatoms. The molecule has 0 aliphatic heterocycles. The summed E-state index contributed by atoms with van der Waals surface area (Å²) >= 11 is 1.47. The second-order valence-electron chi connectivity index (χ2n) is 4.47. The summed E-state index contributed by atoms with van der Waals surface area (Å²) in [5, 5.41) is 31.1. The molecule has 2 rings (SSSR count). The summed E-state index contributed by atoms with van der Waals surface area (Å²) in [5.41, 5.74) is 0.338. The van der Waals surface area contributed by atoms with Crippen LogP contribution in [-0.4, -0.2) is 21.1 Å². The fourth-order valence-electron chi connectivity index (χ4n) is 1.68. The quantitative estimate of drug-likeness (QED) is 0.455. The van der Waals surface area contributed by atoms with E-state index in [0.29, 0.717) is 5.56 Å². The van der Waals surface area contributed by atoms with Gasteiger partial charge in [-0.1, -0.05) is 6.07 Å². The number of carbonyl (C=O) groups is 1. The van der Waals surface area contributed by atoms with Gasteiger partial charge in [-0.15, -0.1) is 11.3 Å². The third-order valence-corrected chi connectivity index (χ3v) is 3.66. The lowest BCUT2D eigenvalue weighted by Gasteiger charge is -2.03. The summed E-state index contributed by atoms with van der Waals surface area (Å²) in [6.45, 7) is 2.16. The first-order valence-corrected chi connectivity index (χ1v) is 7.14. The van der Waals surface area contributed by atoms with Crippen molar-refractivity contribution in [3.63, 3.8) is 0 Å². The van der Waals surface area contributed by atoms with E-state index in [-0.39, 0.29) is 23.6 Å². The third-order valence-electron chi connectivity index (χ3n) is 2.74. The minimum absolute atomic E-state index is 0.0987. The van der Waals surface area contributed by atoms with Crippen molar-refractivity contribution in [3.05, 3.63) is 45.4 Å². The van der Waals surface area contributed by atoms with E-state index in [4.69, 9.17) is 5.26 Å². The standard InChI is InChI=1S/C15H13N3O3S/c1-9-7-17-14(22-9)8-18-15(21)11(6-16)4-10-2-3-12(19)13(20)5-10/h2-5,7,19-20H,8H2,1H3,(H,18,21)/b11-4+. The zero-order valence-electron chi connectivity index (χ0n) is 11.7. The number of phenolic OH excluding ortho intramolecular Hbond substituents is 2. The van der Waals surface area contributed by atoms with E-state index in [1.165, 1.54) is 35.6 Å². The van der Waals surface area contributed by atoms with Gasteiger partial charge in [0.1, 0.15) is 16.6 Å². The maximum absolute atomic E-state index is 12.0. The minimum atomic E-state index is -0.525. The lowest BCUT2D eigenvalue weighted by Crippen LogP contribution is -2.23. The molecule has 1 aromatic carbocycles. The van der Waals surface area contributed by atoms with Crippen molar-refractivity contribution in [1.29, 1.82) is 5.26 Å². The summed E-state index contributed by atoms with van der Waals surface area (Å²) in [4.78, 5) is 17.1. The Balaban J connectivity index is 2.09. The van der Waals surface area contributed by atoms with Crippen molar-refractivity contribution in [1.82, 2.24) is 10.3 Å². The number of aromatic nitrogens is 1. The topological polar surface area (TPSA) is 106 Å². The van der Waals surface area contributed by atoms with Gasteiger partial charge in [-0.05, 0) is 30.7 Å². The van der Waals surface area contributed by atoms with E-state index in [1.54, 1.807) is 6.20 Å². The van der Waals surface area contributed by atoms with Crippen molar-refractivity contribution >= 4 is 23.3 Å². The van der Waals surface area contributed by atoms with Crippen LogP contribution in [0, 0.1) is 18.3 Å². The molecule has 22 heavy (non-hydrogen) atoms. The van der Waals surface area contributed by atoms with E-state index in [1.807, 2.05) is 13.0 Å². The highest BCUT2D eigenvalue weighted by Crippen LogP contribution is 2.25. The molecular formula is C15H13N3O3S. The highest BCUT2D eigenvalue weighted by molar-refractivity contribution is 7.11. The number of nitriles is 1. The van der Waals surface area contributed by atoms with Crippen molar-refractivity contribution in [2.45, 2.75) is 13.5 Å². The van der Waals surface area contributed by atoms with Gasteiger partial charge in [-0.25, -0.2) is 4.98 Å². The molecule has 0 aliphatic rings. The number of amides is 1. The predicted molar refractivity (Wildman–Crippen MR) is 82.1 cm³/mol. The number of hydrogen-bond acceptors (Lipinski definition) is 6. The molecule has 2 aromatic rings. The van der Waals surface area contributed by atoms with Crippen LogP contribution in [0.3, 0.4) is 0 Å². The van der Waals surface area contributed by atoms with Crippen LogP contribution in [0.15, 0.2) is 30.0 Å². The molecule has 0 aliphatic carbocycles. The minimum Gasteiger partial charge on any atom is -0.504 e. The molecule has 1 aromatic heterocycles. The van der Waals surface area contributed by atoms with Crippen LogP contribution in [-0.2, 0) is 11.3 Å². The van der Waals surface area contributed by atoms with Crippen LogP contribution >= 0.6 is 11.3 Å². The summed E-state index contributed by atoms with van der Waals surface area (Å²) in [6, 6.07) is 5.86. The summed E-state index contributed by atoms with van der Waals surface area (Å²) in [5.74, 6) is -1.10. The molecule has 0 fully saturated rings. The molecule has 3 N–H and O–H groups in total. The normalized spacial score (nSPS) is 11.0. The summed E-state index contributed by atoms with van der Waals surface area (Å²) < 4.78 is 0. The number of rotatable bonds is 4. The SMILES string of the molecule is Cc1cnc(CNC(=O)/C(C#N)=C/c2ccc(O)c(O)c2)s1. The van der Waals surface area contributed by atoms with Crippen LogP contribution in [0.5, 0.6) is 11.5 Å². The summed E-state index contributed by atoms with van der Waals surface area (Å²) in [7, 11) is 0. The van der Waals surface area contributed by atoms with Crippen molar-refractivity contribution < 1.29 is 15.0 Å². The Bertz CT molecular complexity index is 775. The van der Waals surface area contributed by atoms with E-state index < -0.39 is 5.91 Å². The van der Waals surface area contributed by atoms with Crippen LogP contribution in [0.25, 0.3) is 6.08 Å². The highest BCUT2D eigenvalue weighted by atomic mass is 32.1. The average molecular weight is 315 g/mol. The maximum Gasteiger partial charge on any atom is 0.262 e. The number of carbonyl (C=O) groups excluding carboxylic acids is 1. The van der Waals surface area contributed by atoms with Crippen LogP contribution in [0.2, 0.25) is 0 Å². The fraction of sp³-hybridized carbons (Fsp3) is 0.133. The van der Waals surface area contributed by atoms with Crippen LogP contribution in [0.4, 0.5) is 0 Å². The number of thiazole rings is 1. The predicted octanol–water partition coefficient (Wildman–Crippen LogP) is 2.09. The van der Waals surface area contributed by atoms with Crippen LogP contribution < -0.4 is 5.32 Å². The number of hydrogen-bond donors (Lipinski definition) is 3. The monoisotopic (exact) mass is 315 g/mol. The first-order valence-electron chi connectivity index (χ1n) is 6.33. The molecule has 0 saturated heterocycles. The Labute approximate surface area is 131 Å². The Kier molecular flexibility index (Phi) is 4.76. The number of aryl methyl sites for hydroxylation is 1. The van der Waals surface area contributed by atoms with E-state index >= 15 is 0 Å². The number of phenols is 2. The third kappa shape index (κ3) is 3.84. The number of nitrogens with zero attached hydrogens (tertiary/aromatic N) is 2. The second-order valence-corrected chi connectivity index (χ2v) is 5.78. The van der Waals surface area contributed by atoms with Gasteiger partial charge in [-0.3, -0.25) is 4.79 Å². The van der Waals surface area contributed by atoms with Crippen molar-refractivity contribution in [3.8, 4) is 17.6 Å². The Hall–Kier alpha value is -2.85. The smallest absolute Gasteiger partial charge is 0.262 e. The van der Waals surface area contributed by atoms with Gasteiger partial charge >= 0.3 is 0 Å². The van der Waals surface area contributed by atoms with Gasteiger partial charge < -0.3 is 15.5 Å². The van der Waals surface area contributed by atoms with Gasteiger partial charge in [-0.2, -0.15) is 5.26 Å². The van der Waals surface area contributed by atoms with Gasteiger partial charge in [0.05, 0.1) is 6.54 Å². The molecule has 0 unspecified atom stereocenters. The Morgan fingerprint density at radius 2 is 2.23 bits per heavy atom. The lowest BCUT2D eigenvalue weighted by atomic mass is 10.1. The van der Waals surface area contributed by atoms with Crippen molar-refractivity contribution in [2.24, 2.45) is 0 Å². The van der Waals surface area contributed by atoms with Crippen molar-refractivity contribution in [2.75, 3.05) is 0 Å². The van der Waals surface area contributed by atoms with Gasteiger partial charge in [0.25, 0.3) is 5.91 Å². The molecule has 0 spiro atoms.